The number of rotatable bonds is 6. The first-order chi connectivity index (χ1) is 7.27. The lowest BCUT2D eigenvalue weighted by Gasteiger charge is -2.11. The van der Waals surface area contributed by atoms with Gasteiger partial charge in [-0.15, -0.1) is 0 Å². The van der Waals surface area contributed by atoms with Gasteiger partial charge < -0.3 is 10.1 Å². The van der Waals surface area contributed by atoms with Crippen LogP contribution in [0.4, 0.5) is 5.69 Å². The molecule has 1 N–H and O–H groups in total. The molecular formula is C12H19NOS. The topological polar surface area (TPSA) is 21.3 Å². The Labute approximate surface area is 96.4 Å². The molecule has 0 atom stereocenters. The summed E-state index contributed by atoms with van der Waals surface area (Å²) in [5.41, 5.74) is 2.35. The summed E-state index contributed by atoms with van der Waals surface area (Å²) in [5, 5.41) is 3.40. The lowest BCUT2D eigenvalue weighted by molar-refractivity contribution is 0.416. The Morgan fingerprint density at radius 1 is 1.40 bits per heavy atom. The van der Waals surface area contributed by atoms with E-state index in [-0.39, 0.29) is 0 Å². The number of ether oxygens (including phenoxy) is 1. The van der Waals surface area contributed by atoms with E-state index in [4.69, 9.17) is 4.74 Å². The zero-order chi connectivity index (χ0) is 11.1. The van der Waals surface area contributed by atoms with E-state index in [1.165, 1.54) is 17.7 Å². The predicted molar refractivity (Wildman–Crippen MR) is 69.2 cm³/mol. The molecule has 0 aliphatic carbocycles. The molecular weight excluding hydrogens is 206 g/mol. The molecule has 0 bridgehead atoms. The molecule has 84 valence electrons. The summed E-state index contributed by atoms with van der Waals surface area (Å²) in [7, 11) is 1.71. The highest BCUT2D eigenvalue weighted by Gasteiger charge is 2.01. The smallest absolute Gasteiger partial charge is 0.141 e. The van der Waals surface area contributed by atoms with E-state index in [1.807, 2.05) is 17.8 Å². The summed E-state index contributed by atoms with van der Waals surface area (Å²) in [6, 6.07) is 6.19. The number of nitrogens with one attached hydrogen (secondary N) is 1. The van der Waals surface area contributed by atoms with Crippen LogP contribution < -0.4 is 10.1 Å². The third-order valence-electron chi connectivity index (χ3n) is 2.20. The van der Waals surface area contributed by atoms with Crippen LogP contribution in [0.1, 0.15) is 12.0 Å². The Kier molecular flexibility index (Phi) is 5.40. The maximum atomic E-state index is 5.29. The monoisotopic (exact) mass is 225 g/mol. The maximum absolute atomic E-state index is 5.29. The van der Waals surface area contributed by atoms with Gasteiger partial charge in [0.15, 0.2) is 0 Å². The third-order valence-corrected chi connectivity index (χ3v) is 2.89. The number of thioether (sulfide) groups is 1. The molecule has 0 spiro atoms. The molecule has 3 heteroatoms. The van der Waals surface area contributed by atoms with E-state index >= 15 is 0 Å². The molecule has 2 nitrogen and oxygen atoms in total. The molecule has 0 amide bonds. The van der Waals surface area contributed by atoms with Crippen LogP contribution in [0.3, 0.4) is 0 Å². The molecule has 0 saturated heterocycles. The molecule has 0 aliphatic rings. The van der Waals surface area contributed by atoms with Crippen molar-refractivity contribution < 1.29 is 4.74 Å². The Balaban J connectivity index is 2.54. The predicted octanol–water partition coefficient (Wildman–Crippen LogP) is 3.17. The first-order valence-electron chi connectivity index (χ1n) is 5.15. The number of hydrogen-bond acceptors (Lipinski definition) is 3. The zero-order valence-electron chi connectivity index (χ0n) is 9.67. The van der Waals surface area contributed by atoms with Crippen LogP contribution in [-0.2, 0) is 0 Å². The van der Waals surface area contributed by atoms with Crippen LogP contribution in [0, 0.1) is 6.92 Å². The molecule has 15 heavy (non-hydrogen) atoms. The molecule has 0 aromatic heterocycles. The minimum absolute atomic E-state index is 0.921. The highest BCUT2D eigenvalue weighted by Crippen LogP contribution is 2.24. The standard InChI is InChI=1S/C12H19NOS/c1-10-5-6-12(14-2)11(9-10)13-7-4-8-15-3/h5-6,9,13H,4,7-8H2,1-3H3. The highest BCUT2D eigenvalue weighted by atomic mass is 32.2. The van der Waals surface area contributed by atoms with Crippen molar-refractivity contribution in [1.29, 1.82) is 0 Å². The summed E-state index contributed by atoms with van der Waals surface area (Å²) in [5.74, 6) is 2.12. The molecule has 0 unspecified atom stereocenters. The van der Waals surface area contributed by atoms with Gasteiger partial charge in [-0.1, -0.05) is 6.07 Å². The fourth-order valence-corrected chi connectivity index (χ4v) is 1.83. The average molecular weight is 225 g/mol. The van der Waals surface area contributed by atoms with Gasteiger partial charge >= 0.3 is 0 Å². The van der Waals surface area contributed by atoms with Crippen LogP contribution in [0.2, 0.25) is 0 Å². The fraction of sp³-hybridized carbons (Fsp3) is 0.500. The van der Waals surface area contributed by atoms with Crippen molar-refractivity contribution in [3.63, 3.8) is 0 Å². The molecule has 0 heterocycles. The van der Waals surface area contributed by atoms with Crippen LogP contribution in [0.5, 0.6) is 5.75 Å². The number of anilines is 1. The van der Waals surface area contributed by atoms with Crippen molar-refractivity contribution >= 4 is 17.4 Å². The van der Waals surface area contributed by atoms with Crippen LogP contribution in [0.25, 0.3) is 0 Å². The van der Waals surface area contributed by atoms with E-state index in [2.05, 4.69) is 30.6 Å². The lowest BCUT2D eigenvalue weighted by Crippen LogP contribution is -2.04. The van der Waals surface area contributed by atoms with Crippen LogP contribution >= 0.6 is 11.8 Å². The Bertz CT molecular complexity index is 302. The number of hydrogen-bond donors (Lipinski definition) is 1. The molecule has 1 aromatic rings. The van der Waals surface area contributed by atoms with Gasteiger partial charge in [0.1, 0.15) is 5.75 Å². The van der Waals surface area contributed by atoms with Crippen molar-refractivity contribution in [2.75, 3.05) is 31.0 Å². The van der Waals surface area contributed by atoms with Gasteiger partial charge in [-0.05, 0) is 43.0 Å². The van der Waals surface area contributed by atoms with Gasteiger partial charge in [-0.25, -0.2) is 0 Å². The Morgan fingerprint density at radius 2 is 2.20 bits per heavy atom. The normalized spacial score (nSPS) is 10.1. The fourth-order valence-electron chi connectivity index (χ4n) is 1.40. The second-order valence-corrected chi connectivity index (χ2v) is 4.46. The van der Waals surface area contributed by atoms with E-state index in [0.717, 1.165) is 18.0 Å². The van der Waals surface area contributed by atoms with Gasteiger partial charge in [-0.2, -0.15) is 11.8 Å². The molecule has 0 saturated carbocycles. The van der Waals surface area contributed by atoms with Crippen molar-refractivity contribution in [2.24, 2.45) is 0 Å². The molecule has 0 fully saturated rings. The van der Waals surface area contributed by atoms with E-state index in [9.17, 15) is 0 Å². The van der Waals surface area contributed by atoms with Gasteiger partial charge in [-0.3, -0.25) is 0 Å². The highest BCUT2D eigenvalue weighted by molar-refractivity contribution is 7.98. The first-order valence-corrected chi connectivity index (χ1v) is 6.54. The quantitative estimate of drug-likeness (QED) is 0.751. The van der Waals surface area contributed by atoms with Gasteiger partial charge in [0.2, 0.25) is 0 Å². The maximum Gasteiger partial charge on any atom is 0.141 e. The van der Waals surface area contributed by atoms with Crippen LogP contribution in [0.15, 0.2) is 18.2 Å². The second-order valence-electron chi connectivity index (χ2n) is 3.48. The Hall–Kier alpha value is -0.830. The molecule has 0 radical (unpaired) electrons. The van der Waals surface area contributed by atoms with E-state index in [0.29, 0.717) is 0 Å². The van der Waals surface area contributed by atoms with Gasteiger partial charge in [0.25, 0.3) is 0 Å². The molecule has 1 aromatic carbocycles. The number of methoxy groups -OCH3 is 1. The van der Waals surface area contributed by atoms with Crippen molar-refractivity contribution in [3.05, 3.63) is 23.8 Å². The zero-order valence-corrected chi connectivity index (χ0v) is 10.5. The summed E-state index contributed by atoms with van der Waals surface area (Å²) in [6.07, 6.45) is 3.31. The number of benzene rings is 1. The first kappa shape index (κ1) is 12.2. The summed E-state index contributed by atoms with van der Waals surface area (Å²) in [6.45, 7) is 3.09. The minimum atomic E-state index is 0.921. The largest absolute Gasteiger partial charge is 0.495 e. The summed E-state index contributed by atoms with van der Waals surface area (Å²) < 4.78 is 5.29. The number of aryl methyl sites for hydroxylation is 1. The summed E-state index contributed by atoms with van der Waals surface area (Å²) >= 11 is 1.88. The van der Waals surface area contributed by atoms with Gasteiger partial charge in [0, 0.05) is 6.54 Å². The SMILES string of the molecule is COc1ccc(C)cc1NCCCSC. The van der Waals surface area contributed by atoms with Gasteiger partial charge in [0.05, 0.1) is 12.8 Å². The van der Waals surface area contributed by atoms with Crippen molar-refractivity contribution in [2.45, 2.75) is 13.3 Å². The van der Waals surface area contributed by atoms with E-state index in [1.54, 1.807) is 7.11 Å². The average Bonchev–Trinajstić information content (AvgIpc) is 2.25. The van der Waals surface area contributed by atoms with E-state index < -0.39 is 0 Å². The van der Waals surface area contributed by atoms with Crippen LogP contribution in [-0.4, -0.2) is 25.7 Å². The summed E-state index contributed by atoms with van der Waals surface area (Å²) in [4.78, 5) is 0. The second kappa shape index (κ2) is 6.62. The van der Waals surface area contributed by atoms with Crippen molar-refractivity contribution in [1.82, 2.24) is 0 Å². The minimum Gasteiger partial charge on any atom is -0.495 e. The third kappa shape index (κ3) is 4.04. The molecule has 0 aliphatic heterocycles. The van der Waals surface area contributed by atoms with Crippen molar-refractivity contribution in [3.8, 4) is 5.75 Å². The molecule has 1 rings (SSSR count). The Morgan fingerprint density at radius 3 is 2.87 bits per heavy atom. The lowest BCUT2D eigenvalue weighted by atomic mass is 10.2.